The Morgan fingerprint density at radius 3 is 2.62 bits per heavy atom. The molecule has 8 nitrogen and oxygen atoms in total. The van der Waals surface area contributed by atoms with Crippen LogP contribution in [0.2, 0.25) is 0 Å². The minimum Gasteiger partial charge on any atom is -0.497 e. The van der Waals surface area contributed by atoms with Gasteiger partial charge < -0.3 is 9.26 Å². The molecule has 0 N–H and O–H groups in total. The number of fused-ring (bicyclic) bond motifs is 1. The number of methoxy groups -OCH3 is 1. The van der Waals surface area contributed by atoms with Crippen molar-refractivity contribution in [3.05, 3.63) is 88.8 Å². The van der Waals surface area contributed by atoms with Crippen molar-refractivity contribution in [2.75, 3.05) is 7.11 Å². The SMILES string of the molecule is COc1ccc(-c2cc(Cn3cnc4c(cnn4-c4cccc(C(F)(F)F)c4)c3=O)on2)cc1. The number of hydrogen-bond donors (Lipinski definition) is 0. The van der Waals surface area contributed by atoms with Crippen LogP contribution < -0.4 is 10.3 Å². The van der Waals surface area contributed by atoms with Gasteiger partial charge in [-0.3, -0.25) is 9.36 Å². The second kappa shape index (κ2) is 8.18. The minimum absolute atomic E-state index is 0.0691. The molecule has 0 saturated heterocycles. The lowest BCUT2D eigenvalue weighted by Crippen LogP contribution is -2.21. The van der Waals surface area contributed by atoms with Crippen molar-refractivity contribution in [3.63, 3.8) is 0 Å². The summed E-state index contributed by atoms with van der Waals surface area (Å²) in [5.74, 6) is 1.14. The van der Waals surface area contributed by atoms with Gasteiger partial charge in [0, 0.05) is 11.6 Å². The summed E-state index contributed by atoms with van der Waals surface area (Å²) in [4.78, 5) is 17.2. The third-order valence-corrected chi connectivity index (χ3v) is 5.24. The molecule has 34 heavy (non-hydrogen) atoms. The highest BCUT2D eigenvalue weighted by Gasteiger charge is 2.30. The normalized spacial score (nSPS) is 11.8. The molecule has 0 aliphatic rings. The van der Waals surface area contributed by atoms with Crippen LogP contribution >= 0.6 is 0 Å². The predicted octanol–water partition coefficient (Wildman–Crippen LogP) is 4.31. The van der Waals surface area contributed by atoms with E-state index < -0.39 is 17.3 Å². The van der Waals surface area contributed by atoms with Gasteiger partial charge in [-0.2, -0.15) is 18.3 Å². The number of nitrogens with zero attached hydrogens (tertiary/aromatic N) is 5. The number of alkyl halides is 3. The molecule has 11 heteroatoms. The van der Waals surface area contributed by atoms with Gasteiger partial charge in [0.1, 0.15) is 23.2 Å². The molecule has 3 aromatic heterocycles. The van der Waals surface area contributed by atoms with Crippen molar-refractivity contribution >= 4 is 11.0 Å². The lowest BCUT2D eigenvalue weighted by atomic mass is 10.1. The van der Waals surface area contributed by atoms with E-state index in [9.17, 15) is 18.0 Å². The zero-order chi connectivity index (χ0) is 23.9. The van der Waals surface area contributed by atoms with E-state index in [2.05, 4.69) is 15.2 Å². The Hall–Kier alpha value is -4.41. The maximum Gasteiger partial charge on any atom is 0.416 e. The first kappa shape index (κ1) is 21.4. The van der Waals surface area contributed by atoms with Gasteiger partial charge in [0.15, 0.2) is 11.4 Å². The van der Waals surface area contributed by atoms with Gasteiger partial charge in [-0.15, -0.1) is 0 Å². The van der Waals surface area contributed by atoms with E-state index in [1.807, 2.05) is 12.1 Å². The quantitative estimate of drug-likeness (QED) is 0.383. The maximum atomic E-state index is 13.1. The third kappa shape index (κ3) is 3.91. The van der Waals surface area contributed by atoms with Crippen molar-refractivity contribution in [3.8, 4) is 22.7 Å². The molecule has 0 amide bonds. The van der Waals surface area contributed by atoms with Gasteiger partial charge in [-0.1, -0.05) is 11.2 Å². The van der Waals surface area contributed by atoms with Gasteiger partial charge in [-0.25, -0.2) is 9.67 Å². The molecule has 172 valence electrons. The summed E-state index contributed by atoms with van der Waals surface area (Å²) in [5, 5.41) is 8.29. The molecule has 0 aliphatic heterocycles. The van der Waals surface area contributed by atoms with Crippen LogP contribution in [-0.2, 0) is 12.7 Å². The molecule has 3 heterocycles. The average molecular weight is 467 g/mol. The van der Waals surface area contributed by atoms with Crippen LogP contribution in [0.3, 0.4) is 0 Å². The fourth-order valence-corrected chi connectivity index (χ4v) is 3.52. The van der Waals surface area contributed by atoms with E-state index in [0.717, 1.165) is 17.7 Å². The number of hydrogen-bond acceptors (Lipinski definition) is 6. The monoisotopic (exact) mass is 467 g/mol. The van der Waals surface area contributed by atoms with Gasteiger partial charge >= 0.3 is 6.18 Å². The number of halogens is 3. The predicted molar refractivity (Wildman–Crippen MR) is 116 cm³/mol. The Morgan fingerprint density at radius 1 is 1.09 bits per heavy atom. The summed E-state index contributed by atoms with van der Waals surface area (Å²) in [6.07, 6.45) is -1.92. The Labute approximate surface area is 189 Å². The first-order chi connectivity index (χ1) is 16.3. The Balaban J connectivity index is 1.44. The Bertz CT molecular complexity index is 1530. The summed E-state index contributed by atoms with van der Waals surface area (Å²) in [5.41, 5.74) is 0.479. The highest BCUT2D eigenvalue weighted by atomic mass is 19.4. The standard InChI is InChI=1S/C23H16F3N5O3/c1-33-17-7-5-14(6-8-17)20-10-18(34-29-20)12-30-13-27-21-19(22(30)32)11-28-31(21)16-4-2-3-15(9-16)23(24,25)26/h2-11,13H,12H2,1H3. The lowest BCUT2D eigenvalue weighted by molar-refractivity contribution is -0.137. The van der Waals surface area contributed by atoms with Gasteiger partial charge in [0.25, 0.3) is 5.56 Å². The van der Waals surface area contributed by atoms with Gasteiger partial charge in [-0.05, 0) is 42.5 Å². The molecule has 0 unspecified atom stereocenters. The van der Waals surface area contributed by atoms with E-state index >= 15 is 0 Å². The topological polar surface area (TPSA) is 88.0 Å². The molecule has 5 rings (SSSR count). The Morgan fingerprint density at radius 2 is 1.88 bits per heavy atom. The summed E-state index contributed by atoms with van der Waals surface area (Å²) in [6.45, 7) is 0.0691. The molecule has 0 spiro atoms. The first-order valence-electron chi connectivity index (χ1n) is 10.0. The summed E-state index contributed by atoms with van der Waals surface area (Å²) in [6, 6.07) is 13.6. The number of ether oxygens (including phenoxy) is 1. The van der Waals surface area contributed by atoms with Crippen LogP contribution in [-0.4, -0.2) is 31.6 Å². The molecule has 5 aromatic rings. The molecule has 0 saturated carbocycles. The summed E-state index contributed by atoms with van der Waals surface area (Å²) in [7, 11) is 1.58. The Kier molecular flexibility index (Phi) is 5.16. The van der Waals surface area contributed by atoms with Crippen LogP contribution in [0.4, 0.5) is 13.2 Å². The van der Waals surface area contributed by atoms with Crippen molar-refractivity contribution in [1.82, 2.24) is 24.5 Å². The molecule has 0 bridgehead atoms. The van der Waals surface area contributed by atoms with Crippen LogP contribution in [0.1, 0.15) is 11.3 Å². The van der Waals surface area contributed by atoms with E-state index in [1.54, 1.807) is 25.3 Å². The van der Waals surface area contributed by atoms with E-state index in [4.69, 9.17) is 9.26 Å². The molecule has 2 aromatic carbocycles. The third-order valence-electron chi connectivity index (χ3n) is 5.24. The molecule has 0 aliphatic carbocycles. The number of rotatable bonds is 5. The fraction of sp³-hybridized carbons (Fsp3) is 0.130. The van der Waals surface area contributed by atoms with E-state index in [-0.39, 0.29) is 23.3 Å². The largest absolute Gasteiger partial charge is 0.497 e. The minimum atomic E-state index is -4.50. The van der Waals surface area contributed by atoms with E-state index in [0.29, 0.717) is 17.2 Å². The molecule has 0 atom stereocenters. The second-order valence-electron chi connectivity index (χ2n) is 7.43. The zero-order valence-corrected chi connectivity index (χ0v) is 17.7. The van der Waals surface area contributed by atoms with Crippen LogP contribution in [0.5, 0.6) is 5.75 Å². The highest BCUT2D eigenvalue weighted by molar-refractivity contribution is 5.75. The van der Waals surface area contributed by atoms with Gasteiger partial charge in [0.05, 0.1) is 31.1 Å². The molecular weight excluding hydrogens is 451 g/mol. The second-order valence-corrected chi connectivity index (χ2v) is 7.43. The zero-order valence-electron chi connectivity index (χ0n) is 17.7. The van der Waals surface area contributed by atoms with Crippen molar-refractivity contribution in [2.24, 2.45) is 0 Å². The number of aromatic nitrogens is 5. The van der Waals surface area contributed by atoms with Crippen molar-refractivity contribution in [1.29, 1.82) is 0 Å². The lowest BCUT2D eigenvalue weighted by Gasteiger charge is -2.09. The van der Waals surface area contributed by atoms with Crippen LogP contribution in [0.25, 0.3) is 28.0 Å². The molecular formula is C23H16F3N5O3. The fourth-order valence-electron chi connectivity index (χ4n) is 3.52. The average Bonchev–Trinajstić information content (AvgIpc) is 3.48. The maximum absolute atomic E-state index is 13.1. The van der Waals surface area contributed by atoms with Crippen LogP contribution in [0.15, 0.2) is 76.4 Å². The van der Waals surface area contributed by atoms with Crippen LogP contribution in [0, 0.1) is 0 Å². The smallest absolute Gasteiger partial charge is 0.416 e. The molecule has 0 radical (unpaired) electrons. The number of benzene rings is 2. The first-order valence-corrected chi connectivity index (χ1v) is 10.0. The van der Waals surface area contributed by atoms with Crippen molar-refractivity contribution in [2.45, 2.75) is 12.7 Å². The van der Waals surface area contributed by atoms with Gasteiger partial charge in [0.2, 0.25) is 0 Å². The molecule has 0 fully saturated rings. The van der Waals surface area contributed by atoms with E-state index in [1.165, 1.54) is 33.9 Å². The van der Waals surface area contributed by atoms with Crippen molar-refractivity contribution < 1.29 is 22.4 Å². The summed E-state index contributed by atoms with van der Waals surface area (Å²) < 4.78 is 52.3. The highest BCUT2D eigenvalue weighted by Crippen LogP contribution is 2.30. The summed E-state index contributed by atoms with van der Waals surface area (Å²) >= 11 is 0.